The molecule has 42 heavy (non-hydrogen) atoms. The Morgan fingerprint density at radius 1 is 1.05 bits per heavy atom. The molecule has 0 aliphatic carbocycles. The van der Waals surface area contributed by atoms with Crippen LogP contribution in [0, 0.1) is 13.8 Å². The van der Waals surface area contributed by atoms with E-state index in [1.54, 1.807) is 30.3 Å². The van der Waals surface area contributed by atoms with Crippen LogP contribution >= 0.6 is 11.3 Å². The van der Waals surface area contributed by atoms with Crippen LogP contribution in [0.2, 0.25) is 0 Å². The number of aryl methyl sites for hydroxylation is 2. The Labute approximate surface area is 248 Å². The van der Waals surface area contributed by atoms with E-state index in [1.807, 2.05) is 52.8 Å². The highest BCUT2D eigenvalue weighted by atomic mass is 32.1. The predicted octanol–water partition coefficient (Wildman–Crippen LogP) is 6.66. The van der Waals surface area contributed by atoms with Crippen LogP contribution in [0.3, 0.4) is 0 Å². The number of carbonyl (C=O) groups excluding carboxylic acids is 2. The quantitative estimate of drug-likeness (QED) is 0.147. The van der Waals surface area contributed by atoms with Gasteiger partial charge in [0, 0.05) is 12.0 Å². The number of benzene rings is 3. The van der Waals surface area contributed by atoms with Crippen LogP contribution < -0.4 is 19.1 Å². The summed E-state index contributed by atoms with van der Waals surface area (Å²) >= 11 is 1.34. The number of aromatic nitrogens is 1. The van der Waals surface area contributed by atoms with Crippen LogP contribution in [-0.2, 0) is 16.0 Å². The van der Waals surface area contributed by atoms with Gasteiger partial charge in [0.05, 0.1) is 35.0 Å². The molecule has 6 rings (SSSR count). The Hall–Kier alpha value is -4.37. The molecule has 3 heterocycles. The van der Waals surface area contributed by atoms with Crippen molar-refractivity contribution in [2.24, 2.45) is 0 Å². The molecule has 1 aromatic heterocycles. The normalized spacial score (nSPS) is 19.3. The van der Waals surface area contributed by atoms with Gasteiger partial charge in [0.15, 0.2) is 16.6 Å². The molecule has 2 aliphatic rings. The molecule has 2 aliphatic heterocycles. The summed E-state index contributed by atoms with van der Waals surface area (Å²) in [7, 11) is 0. The molecule has 9 heteroatoms. The zero-order valence-corrected chi connectivity index (χ0v) is 25.0. The summed E-state index contributed by atoms with van der Waals surface area (Å²) in [6.07, 6.45) is 0.713. The molecule has 1 amide bonds. The van der Waals surface area contributed by atoms with Crippen LogP contribution in [0.5, 0.6) is 17.2 Å². The zero-order valence-electron chi connectivity index (χ0n) is 24.2. The number of aliphatic hydroxyl groups excluding tert-OH is 1. The van der Waals surface area contributed by atoms with Crippen molar-refractivity contribution >= 4 is 44.1 Å². The predicted molar refractivity (Wildman–Crippen MR) is 163 cm³/mol. The van der Waals surface area contributed by atoms with Crippen molar-refractivity contribution in [1.82, 2.24) is 4.98 Å². The maximum atomic E-state index is 13.8. The molecular formula is C33H32N2O6S. The minimum atomic E-state index is -0.940. The van der Waals surface area contributed by atoms with Gasteiger partial charge in [0.1, 0.15) is 17.6 Å². The molecule has 0 radical (unpaired) electrons. The molecular weight excluding hydrogens is 552 g/mol. The SMILES string of the molecule is CCOc1ccc([C@H]2C(=C(O)c3ccc4c(c3)C[C@@H](C)O4)C(=O)C(=O)N2c2nc3c(C)cc(C)cc3s2)cc1OCC. The van der Waals surface area contributed by atoms with Gasteiger partial charge in [-0.25, -0.2) is 4.98 Å². The summed E-state index contributed by atoms with van der Waals surface area (Å²) in [5.74, 6) is 0.0227. The van der Waals surface area contributed by atoms with E-state index < -0.39 is 17.7 Å². The lowest BCUT2D eigenvalue weighted by molar-refractivity contribution is -0.132. The summed E-state index contributed by atoms with van der Waals surface area (Å²) in [5.41, 5.74) is 4.80. The number of amides is 1. The van der Waals surface area contributed by atoms with Crippen LogP contribution in [0.25, 0.3) is 16.0 Å². The van der Waals surface area contributed by atoms with Crippen LogP contribution in [0.15, 0.2) is 54.1 Å². The molecule has 2 atom stereocenters. The molecule has 0 saturated carbocycles. The summed E-state index contributed by atoms with van der Waals surface area (Å²) in [5, 5.41) is 12.1. The molecule has 3 aromatic carbocycles. The van der Waals surface area contributed by atoms with Gasteiger partial charge in [-0.3, -0.25) is 14.5 Å². The van der Waals surface area contributed by atoms with E-state index in [9.17, 15) is 14.7 Å². The first-order chi connectivity index (χ1) is 20.2. The second kappa shape index (κ2) is 10.8. The molecule has 1 fully saturated rings. The number of thiazole rings is 1. The fourth-order valence-corrected chi connectivity index (χ4v) is 6.94. The number of aliphatic hydroxyl groups is 1. The molecule has 0 unspecified atom stereocenters. The first-order valence-corrected chi connectivity index (χ1v) is 14.9. The third-order valence-electron chi connectivity index (χ3n) is 7.52. The molecule has 216 valence electrons. The maximum absolute atomic E-state index is 13.8. The van der Waals surface area contributed by atoms with Gasteiger partial charge in [0.25, 0.3) is 5.78 Å². The Kier molecular flexibility index (Phi) is 7.14. The second-order valence-corrected chi connectivity index (χ2v) is 11.6. The van der Waals surface area contributed by atoms with Crippen LogP contribution in [0.1, 0.15) is 54.6 Å². The number of hydrogen-bond donors (Lipinski definition) is 1. The van der Waals surface area contributed by atoms with Crippen molar-refractivity contribution in [1.29, 1.82) is 0 Å². The highest BCUT2D eigenvalue weighted by Gasteiger charge is 2.48. The van der Waals surface area contributed by atoms with Gasteiger partial charge in [-0.2, -0.15) is 0 Å². The van der Waals surface area contributed by atoms with Gasteiger partial charge < -0.3 is 19.3 Å². The lowest BCUT2D eigenvalue weighted by atomic mass is 9.94. The van der Waals surface area contributed by atoms with Gasteiger partial charge in [0.2, 0.25) is 0 Å². The number of rotatable bonds is 7. The van der Waals surface area contributed by atoms with Gasteiger partial charge >= 0.3 is 5.91 Å². The monoisotopic (exact) mass is 584 g/mol. The fraction of sp³-hybridized carbons (Fsp3) is 0.303. The van der Waals surface area contributed by atoms with Crippen molar-refractivity contribution in [3.63, 3.8) is 0 Å². The summed E-state index contributed by atoms with van der Waals surface area (Å²) < 4.78 is 18.4. The number of Topliss-reactive ketones (excluding diaryl/α,β-unsaturated/α-hetero) is 1. The van der Waals surface area contributed by atoms with Crippen molar-refractivity contribution in [2.45, 2.75) is 53.2 Å². The van der Waals surface area contributed by atoms with Crippen LogP contribution in [0.4, 0.5) is 5.13 Å². The van der Waals surface area contributed by atoms with Gasteiger partial charge in [-0.15, -0.1) is 0 Å². The molecule has 0 spiro atoms. The largest absolute Gasteiger partial charge is 0.507 e. The smallest absolute Gasteiger partial charge is 0.301 e. The Morgan fingerprint density at radius 3 is 2.57 bits per heavy atom. The number of carbonyl (C=O) groups is 2. The third-order valence-corrected chi connectivity index (χ3v) is 8.52. The first kappa shape index (κ1) is 27.8. The Bertz CT molecular complexity index is 1770. The first-order valence-electron chi connectivity index (χ1n) is 14.1. The average Bonchev–Trinajstić information content (AvgIpc) is 3.62. The lowest BCUT2D eigenvalue weighted by Crippen LogP contribution is -2.29. The molecule has 1 N–H and O–H groups in total. The summed E-state index contributed by atoms with van der Waals surface area (Å²) in [6.45, 7) is 10.6. The zero-order chi connectivity index (χ0) is 29.7. The van der Waals surface area contributed by atoms with E-state index in [4.69, 9.17) is 19.2 Å². The summed E-state index contributed by atoms with van der Waals surface area (Å²) in [4.78, 5) is 33.8. The maximum Gasteiger partial charge on any atom is 0.301 e. The topological polar surface area (TPSA) is 98.2 Å². The van der Waals surface area contributed by atoms with Gasteiger partial charge in [-0.1, -0.05) is 23.5 Å². The summed E-state index contributed by atoms with van der Waals surface area (Å²) in [6, 6.07) is 13.8. The minimum Gasteiger partial charge on any atom is -0.507 e. The van der Waals surface area contributed by atoms with E-state index >= 15 is 0 Å². The van der Waals surface area contributed by atoms with E-state index in [0.29, 0.717) is 47.4 Å². The fourth-order valence-electron chi connectivity index (χ4n) is 5.77. The number of anilines is 1. The Morgan fingerprint density at radius 2 is 1.81 bits per heavy atom. The van der Waals surface area contributed by atoms with Crippen LogP contribution in [-0.4, -0.2) is 41.1 Å². The highest BCUT2D eigenvalue weighted by molar-refractivity contribution is 7.22. The van der Waals surface area contributed by atoms with E-state index in [2.05, 4.69) is 0 Å². The van der Waals surface area contributed by atoms with Crippen molar-refractivity contribution in [3.8, 4) is 17.2 Å². The van der Waals surface area contributed by atoms with Gasteiger partial charge in [-0.05, 0) is 93.3 Å². The van der Waals surface area contributed by atoms with Crippen molar-refractivity contribution in [2.75, 3.05) is 18.1 Å². The standard InChI is InChI=1S/C33H32N2O6S/c1-6-39-24-11-8-20(16-25(24)40-7-2)29-27(30(36)21-9-10-23-22(15-21)14-19(5)41-23)31(37)32(38)35(29)33-34-28-18(4)12-17(3)13-26(28)42-33/h8-13,15-16,19,29,36H,6-7,14H2,1-5H3/t19-,29+/m1/s1. The number of ether oxygens (including phenoxy) is 3. The van der Waals surface area contributed by atoms with Crippen molar-refractivity contribution in [3.05, 3.63) is 81.9 Å². The van der Waals surface area contributed by atoms with Crippen molar-refractivity contribution < 1.29 is 28.9 Å². The Balaban J connectivity index is 1.56. The number of hydrogen-bond acceptors (Lipinski definition) is 8. The lowest BCUT2D eigenvalue weighted by Gasteiger charge is -2.24. The minimum absolute atomic E-state index is 0.00863. The third kappa shape index (κ3) is 4.67. The molecule has 8 nitrogen and oxygen atoms in total. The van der Waals surface area contributed by atoms with E-state index in [0.717, 1.165) is 32.7 Å². The van der Waals surface area contributed by atoms with E-state index in [-0.39, 0.29) is 17.4 Å². The number of nitrogens with zero attached hydrogens (tertiary/aromatic N) is 2. The highest BCUT2D eigenvalue weighted by Crippen LogP contribution is 2.46. The number of fused-ring (bicyclic) bond motifs is 2. The molecule has 4 aromatic rings. The van der Waals surface area contributed by atoms with E-state index in [1.165, 1.54) is 16.2 Å². The average molecular weight is 585 g/mol. The molecule has 1 saturated heterocycles. The molecule has 0 bridgehead atoms. The second-order valence-electron chi connectivity index (χ2n) is 10.6. The number of ketones is 1.